The molecule has 2 aromatic heterocycles. The summed E-state index contributed by atoms with van der Waals surface area (Å²) in [6.07, 6.45) is 7.98. The van der Waals surface area contributed by atoms with Gasteiger partial charge < -0.3 is 20.1 Å². The highest BCUT2D eigenvalue weighted by Gasteiger charge is 2.30. The summed E-state index contributed by atoms with van der Waals surface area (Å²) in [5.41, 5.74) is 8.60. The monoisotopic (exact) mass is 553 g/mol. The van der Waals surface area contributed by atoms with Crippen LogP contribution in [-0.2, 0) is 9.53 Å². The molecular formula is C31H35N7O3. The van der Waals surface area contributed by atoms with Crippen molar-refractivity contribution in [2.75, 3.05) is 45.6 Å². The number of carbonyl (C=O) groups is 1. The molecule has 1 atom stereocenters. The number of para-hydroxylation sites is 1. The van der Waals surface area contributed by atoms with Crippen molar-refractivity contribution in [1.29, 1.82) is 0 Å². The molecule has 1 unspecified atom stereocenters. The topological polar surface area (TPSA) is 112 Å². The number of hydrogen-bond donors (Lipinski definition) is 1. The molecule has 0 radical (unpaired) electrons. The van der Waals surface area contributed by atoms with E-state index in [-0.39, 0.29) is 11.9 Å². The fourth-order valence-electron chi connectivity index (χ4n) is 5.60. The number of carbonyl (C=O) groups excluding carboxylic acids is 1. The van der Waals surface area contributed by atoms with Crippen LogP contribution in [0.4, 0.5) is 5.82 Å². The Labute approximate surface area is 239 Å². The normalized spacial score (nSPS) is 18.1. The minimum Gasteiger partial charge on any atom is -0.457 e. The van der Waals surface area contributed by atoms with E-state index >= 15 is 0 Å². The van der Waals surface area contributed by atoms with E-state index in [1.807, 2.05) is 70.3 Å². The lowest BCUT2D eigenvalue weighted by Crippen LogP contribution is -2.36. The first kappa shape index (κ1) is 26.9. The highest BCUT2D eigenvalue weighted by Crippen LogP contribution is 2.35. The molecule has 2 aliphatic heterocycles. The lowest BCUT2D eigenvalue weighted by atomic mass is 10.1. The first-order chi connectivity index (χ1) is 20.1. The van der Waals surface area contributed by atoms with Gasteiger partial charge in [0, 0.05) is 50.5 Å². The third kappa shape index (κ3) is 5.94. The van der Waals surface area contributed by atoms with Gasteiger partial charge in [-0.1, -0.05) is 24.3 Å². The van der Waals surface area contributed by atoms with Crippen molar-refractivity contribution >= 4 is 22.8 Å². The number of nitrogen functional groups attached to an aromatic ring is 1. The Morgan fingerprint density at radius 2 is 1.83 bits per heavy atom. The predicted octanol–water partition coefficient (Wildman–Crippen LogP) is 4.31. The van der Waals surface area contributed by atoms with Crippen molar-refractivity contribution in [1.82, 2.24) is 29.5 Å². The highest BCUT2D eigenvalue weighted by molar-refractivity contribution is 5.98. The summed E-state index contributed by atoms with van der Waals surface area (Å²) in [7, 11) is 2.11. The van der Waals surface area contributed by atoms with Gasteiger partial charge in [-0.2, -0.15) is 5.10 Å². The highest BCUT2D eigenvalue weighted by atomic mass is 16.5. The van der Waals surface area contributed by atoms with Gasteiger partial charge in [0.15, 0.2) is 5.65 Å². The number of nitrogens with zero attached hydrogens (tertiary/aromatic N) is 6. The van der Waals surface area contributed by atoms with Crippen LogP contribution in [0.3, 0.4) is 0 Å². The summed E-state index contributed by atoms with van der Waals surface area (Å²) < 4.78 is 13.3. The fraction of sp³-hybridized carbons (Fsp3) is 0.355. The van der Waals surface area contributed by atoms with E-state index in [1.54, 1.807) is 6.08 Å². The van der Waals surface area contributed by atoms with E-state index < -0.39 is 0 Å². The van der Waals surface area contributed by atoms with Crippen LogP contribution in [0.25, 0.3) is 22.3 Å². The Morgan fingerprint density at radius 1 is 1.07 bits per heavy atom. The summed E-state index contributed by atoms with van der Waals surface area (Å²) in [4.78, 5) is 25.9. The molecule has 10 nitrogen and oxygen atoms in total. The molecule has 2 saturated heterocycles. The average Bonchev–Trinajstić information content (AvgIpc) is 3.65. The zero-order valence-electron chi connectivity index (χ0n) is 23.2. The van der Waals surface area contributed by atoms with Gasteiger partial charge in [-0.25, -0.2) is 14.6 Å². The van der Waals surface area contributed by atoms with Gasteiger partial charge in [-0.3, -0.25) is 9.69 Å². The smallest absolute Gasteiger partial charge is 0.246 e. The number of benzene rings is 2. The second-order valence-corrected chi connectivity index (χ2v) is 10.6. The van der Waals surface area contributed by atoms with Crippen molar-refractivity contribution in [3.05, 3.63) is 73.1 Å². The van der Waals surface area contributed by atoms with Crippen molar-refractivity contribution in [2.24, 2.45) is 0 Å². The van der Waals surface area contributed by atoms with Crippen LogP contribution in [0.1, 0.15) is 25.3 Å². The van der Waals surface area contributed by atoms with Gasteiger partial charge in [-0.15, -0.1) is 0 Å². The number of rotatable bonds is 8. The van der Waals surface area contributed by atoms with Crippen molar-refractivity contribution < 1.29 is 14.3 Å². The fourth-order valence-corrected chi connectivity index (χ4v) is 5.60. The molecule has 0 spiro atoms. The number of fused-ring (bicyclic) bond motifs is 1. The molecule has 0 aliphatic carbocycles. The molecule has 2 aromatic carbocycles. The zero-order chi connectivity index (χ0) is 28.2. The first-order valence-corrected chi connectivity index (χ1v) is 14.1. The van der Waals surface area contributed by atoms with Crippen LogP contribution in [0, 0.1) is 0 Å². The SMILES string of the molecule is CN(C/C=C/C(=O)N1CCC(n2nc(-c3ccc(Oc4ccccc4)cc3)c3c(N)ncnc32)C1)C1CCOCC1. The number of anilines is 1. The molecule has 4 heterocycles. The third-order valence-electron chi connectivity index (χ3n) is 7.91. The Bertz CT molecular complexity index is 1510. The minimum atomic E-state index is -0.0106. The summed E-state index contributed by atoms with van der Waals surface area (Å²) in [6, 6.07) is 17.9. The van der Waals surface area contributed by atoms with Crippen LogP contribution in [0.15, 0.2) is 73.1 Å². The molecule has 10 heteroatoms. The van der Waals surface area contributed by atoms with E-state index in [1.165, 1.54) is 6.33 Å². The molecule has 1 amide bonds. The number of likely N-dealkylation sites (tertiary alicyclic amines) is 1. The maximum Gasteiger partial charge on any atom is 0.246 e. The lowest BCUT2D eigenvalue weighted by molar-refractivity contribution is -0.125. The van der Waals surface area contributed by atoms with Gasteiger partial charge in [0.25, 0.3) is 0 Å². The summed E-state index contributed by atoms with van der Waals surface area (Å²) in [5.74, 6) is 1.90. The average molecular weight is 554 g/mol. The number of hydrogen-bond acceptors (Lipinski definition) is 8. The summed E-state index contributed by atoms with van der Waals surface area (Å²) in [6.45, 7) is 3.57. The molecule has 2 N–H and O–H groups in total. The van der Waals surface area contributed by atoms with E-state index in [9.17, 15) is 4.79 Å². The zero-order valence-corrected chi connectivity index (χ0v) is 23.2. The molecule has 0 saturated carbocycles. The summed E-state index contributed by atoms with van der Waals surface area (Å²) in [5, 5.41) is 5.68. The third-order valence-corrected chi connectivity index (χ3v) is 7.91. The quantitative estimate of drug-likeness (QED) is 0.322. The van der Waals surface area contributed by atoms with Crippen LogP contribution < -0.4 is 10.5 Å². The van der Waals surface area contributed by atoms with Gasteiger partial charge in [0.2, 0.25) is 5.91 Å². The molecule has 4 aromatic rings. The number of likely N-dealkylation sites (N-methyl/N-ethyl adjacent to an activating group) is 1. The van der Waals surface area contributed by atoms with Gasteiger partial charge in [0.1, 0.15) is 29.3 Å². The van der Waals surface area contributed by atoms with Crippen LogP contribution in [0.5, 0.6) is 11.5 Å². The van der Waals surface area contributed by atoms with E-state index in [4.69, 9.17) is 20.3 Å². The second kappa shape index (κ2) is 12.1. The molecule has 2 fully saturated rings. The lowest BCUT2D eigenvalue weighted by Gasteiger charge is -2.30. The van der Waals surface area contributed by atoms with Gasteiger partial charge in [0.05, 0.1) is 11.4 Å². The number of ether oxygens (including phenoxy) is 2. The Hall–Kier alpha value is -4.28. The second-order valence-electron chi connectivity index (χ2n) is 10.6. The Balaban J connectivity index is 1.16. The molecule has 2 aliphatic rings. The van der Waals surface area contributed by atoms with Crippen LogP contribution in [0.2, 0.25) is 0 Å². The number of nitrogens with two attached hydrogens (primary N) is 1. The maximum atomic E-state index is 13.0. The van der Waals surface area contributed by atoms with Crippen molar-refractivity contribution in [2.45, 2.75) is 31.3 Å². The molecule has 6 rings (SSSR count). The largest absolute Gasteiger partial charge is 0.457 e. The number of aromatic nitrogens is 4. The van der Waals surface area contributed by atoms with Gasteiger partial charge in [-0.05, 0) is 62.7 Å². The first-order valence-electron chi connectivity index (χ1n) is 14.1. The van der Waals surface area contributed by atoms with Gasteiger partial charge >= 0.3 is 0 Å². The van der Waals surface area contributed by atoms with Crippen LogP contribution >= 0.6 is 0 Å². The Kier molecular flexibility index (Phi) is 7.93. The van der Waals surface area contributed by atoms with Crippen molar-refractivity contribution in [3.63, 3.8) is 0 Å². The summed E-state index contributed by atoms with van der Waals surface area (Å²) >= 11 is 0. The standard InChI is InChI=1S/C31H35N7O3/c1-36(23-14-18-40-19-15-23)16-5-8-27(39)37-17-13-24(20-37)38-31-28(30(32)33-21-34-31)29(35-38)22-9-11-26(12-10-22)41-25-6-3-2-4-7-25/h2-12,21,23-24H,13-20H2,1H3,(H2,32,33,34)/b8-5+. The van der Waals surface area contributed by atoms with Crippen molar-refractivity contribution in [3.8, 4) is 22.8 Å². The molecular weight excluding hydrogens is 518 g/mol. The molecule has 0 bridgehead atoms. The van der Waals surface area contributed by atoms with E-state index in [2.05, 4.69) is 21.9 Å². The predicted molar refractivity (Wildman–Crippen MR) is 158 cm³/mol. The Morgan fingerprint density at radius 3 is 2.61 bits per heavy atom. The van der Waals surface area contributed by atoms with Crippen LogP contribution in [-0.4, -0.2) is 81.4 Å². The maximum absolute atomic E-state index is 13.0. The minimum absolute atomic E-state index is 0.0106. The molecule has 212 valence electrons. The number of amides is 1. The van der Waals surface area contributed by atoms with E-state index in [0.717, 1.165) is 56.1 Å². The van der Waals surface area contributed by atoms with E-state index in [0.29, 0.717) is 41.7 Å². The molecule has 41 heavy (non-hydrogen) atoms.